The maximum absolute atomic E-state index is 11.5. The molecule has 1 fully saturated rings. The predicted molar refractivity (Wildman–Crippen MR) is 103 cm³/mol. The monoisotopic (exact) mass is 387 g/mol. The fourth-order valence-electron chi connectivity index (χ4n) is 4.15. The fraction of sp³-hybridized carbons (Fsp3) is 0.750. The number of hydrogen-bond acceptors (Lipinski definition) is 2. The summed E-state index contributed by atoms with van der Waals surface area (Å²) in [6.45, 7) is 12.2. The van der Waals surface area contributed by atoms with Crippen LogP contribution in [0.4, 0.5) is 0 Å². The molecule has 1 aliphatic carbocycles. The summed E-state index contributed by atoms with van der Waals surface area (Å²) < 4.78 is 0. The molecule has 1 aliphatic rings. The minimum absolute atomic E-state index is 0. The first-order valence-corrected chi connectivity index (χ1v) is 8.64. The summed E-state index contributed by atoms with van der Waals surface area (Å²) in [5, 5.41) is 6.11. The molecule has 145 valence electrons. The number of carbonyl (C=O) groups is 2. The Morgan fingerprint density at radius 2 is 1.56 bits per heavy atom. The van der Waals surface area contributed by atoms with Crippen molar-refractivity contribution < 1.29 is 31.3 Å². The molecule has 3 atom stereocenters. The van der Waals surface area contributed by atoms with E-state index in [0.717, 1.165) is 38.1 Å². The van der Waals surface area contributed by atoms with Crippen molar-refractivity contribution in [3.8, 4) is 0 Å². The van der Waals surface area contributed by atoms with Crippen molar-refractivity contribution in [1.82, 2.24) is 10.6 Å². The van der Waals surface area contributed by atoms with Crippen LogP contribution in [0.25, 0.3) is 0 Å². The molecule has 0 aliphatic heterocycles. The zero-order valence-electron chi connectivity index (χ0n) is 17.6. The number of hydrogen-bond donors (Lipinski definition) is 2. The smallest absolute Gasteiger partial charge is 0.503 e. The number of nitrogens with one attached hydrogen (secondary N) is 2. The van der Waals surface area contributed by atoms with Gasteiger partial charge in [0, 0.05) is 19.9 Å². The molecule has 2 N–H and O–H groups in total. The average Bonchev–Trinajstić information content (AvgIpc) is 2.43. The molecule has 1 rings (SSSR count). The Balaban J connectivity index is -0.00000161. The Morgan fingerprint density at radius 1 is 1.08 bits per heavy atom. The van der Waals surface area contributed by atoms with Crippen LogP contribution in [0.2, 0.25) is 0 Å². The summed E-state index contributed by atoms with van der Waals surface area (Å²) in [5.41, 5.74) is 0.145. The molecule has 3 unspecified atom stereocenters. The summed E-state index contributed by atoms with van der Waals surface area (Å²) in [7, 11) is 0. The first kappa shape index (κ1) is 29.4. The van der Waals surface area contributed by atoms with Crippen LogP contribution >= 0.6 is 0 Å². The van der Waals surface area contributed by atoms with Crippen LogP contribution in [0.3, 0.4) is 0 Å². The molecule has 0 aromatic carbocycles. The topological polar surface area (TPSA) is 58.2 Å². The van der Waals surface area contributed by atoms with Crippen molar-refractivity contribution >= 4 is 11.8 Å². The van der Waals surface area contributed by atoms with Crippen molar-refractivity contribution in [2.75, 3.05) is 0 Å². The van der Waals surface area contributed by atoms with Gasteiger partial charge in [0.25, 0.3) is 0 Å². The molecule has 0 bridgehead atoms. The largest absolute Gasteiger partial charge is 3.00 e. The zero-order valence-corrected chi connectivity index (χ0v) is 19.1. The second-order valence-corrected chi connectivity index (χ2v) is 7.12. The molecular formula is C20H39N2O2Ti. The molecular weight excluding hydrogens is 348 g/mol. The van der Waals surface area contributed by atoms with E-state index in [2.05, 4.69) is 38.3 Å². The van der Waals surface area contributed by atoms with Gasteiger partial charge < -0.3 is 25.5 Å². The Bertz CT molecular complexity index is 365. The van der Waals surface area contributed by atoms with Crippen LogP contribution < -0.4 is 10.6 Å². The molecule has 4 nitrogen and oxygen atoms in total. The fourth-order valence-corrected chi connectivity index (χ4v) is 4.15. The van der Waals surface area contributed by atoms with Gasteiger partial charge in [-0.3, -0.25) is 9.59 Å². The van der Waals surface area contributed by atoms with E-state index in [1.165, 1.54) is 0 Å². The molecule has 25 heavy (non-hydrogen) atoms. The molecule has 0 spiro atoms. The Hall–Kier alpha value is -0.346. The average molecular weight is 387 g/mol. The summed E-state index contributed by atoms with van der Waals surface area (Å²) in [5.74, 6) is 1.11. The van der Waals surface area contributed by atoms with Crippen LogP contribution in [0.1, 0.15) is 73.6 Å². The van der Waals surface area contributed by atoms with Crippen LogP contribution in [0.15, 0.2) is 0 Å². The van der Waals surface area contributed by atoms with Gasteiger partial charge in [-0.15, -0.1) is 6.42 Å². The maximum Gasteiger partial charge on any atom is 3.00 e. The van der Waals surface area contributed by atoms with Gasteiger partial charge in [-0.1, -0.05) is 40.5 Å². The first-order chi connectivity index (χ1) is 10.2. The van der Waals surface area contributed by atoms with Crippen LogP contribution in [0.5, 0.6) is 0 Å². The Labute approximate surface area is 171 Å². The van der Waals surface area contributed by atoms with Crippen LogP contribution in [0, 0.1) is 38.1 Å². The summed E-state index contributed by atoms with van der Waals surface area (Å²) >= 11 is 0. The third-order valence-corrected chi connectivity index (χ3v) is 5.61. The third-order valence-electron chi connectivity index (χ3n) is 5.61. The van der Waals surface area contributed by atoms with Gasteiger partial charge in [0.05, 0.1) is 0 Å². The minimum Gasteiger partial charge on any atom is -0.503 e. The van der Waals surface area contributed by atoms with E-state index < -0.39 is 0 Å². The quantitative estimate of drug-likeness (QED) is 0.527. The second-order valence-electron chi connectivity index (χ2n) is 7.12. The Kier molecular flexibility index (Phi) is 15.2. The summed E-state index contributed by atoms with van der Waals surface area (Å²) in [6.07, 6.45) is 4.93. The van der Waals surface area contributed by atoms with Crippen molar-refractivity contribution in [2.45, 2.75) is 79.7 Å². The van der Waals surface area contributed by atoms with E-state index in [-0.39, 0.29) is 59.8 Å². The molecule has 1 radical (unpaired) electrons. The SMILES string of the molecule is CCC(C)C1(C(C)CC)C[C-](NC(C)=O)CC(NC(C)=O)C1.[CH3-].[CH3-].[Ti+3]. The van der Waals surface area contributed by atoms with Crippen molar-refractivity contribution in [2.24, 2.45) is 17.3 Å². The molecule has 0 saturated heterocycles. The van der Waals surface area contributed by atoms with E-state index in [1.54, 1.807) is 13.8 Å². The van der Waals surface area contributed by atoms with Gasteiger partial charge >= 0.3 is 21.7 Å². The third kappa shape index (κ3) is 7.82. The molecule has 0 heterocycles. The van der Waals surface area contributed by atoms with E-state index >= 15 is 0 Å². The van der Waals surface area contributed by atoms with Gasteiger partial charge in [0.1, 0.15) is 0 Å². The van der Waals surface area contributed by atoms with Crippen LogP contribution in [-0.2, 0) is 31.3 Å². The van der Waals surface area contributed by atoms with E-state index in [9.17, 15) is 9.59 Å². The van der Waals surface area contributed by atoms with E-state index in [0.29, 0.717) is 11.8 Å². The number of rotatable bonds is 6. The van der Waals surface area contributed by atoms with E-state index in [4.69, 9.17) is 0 Å². The predicted octanol–water partition coefficient (Wildman–Crippen LogP) is 4.32. The standard InChI is InChI=1S/C18H33N2O2.2CH3.Ti/c1-7-12(3)18(13(4)8-2)10-16(19-14(5)21)9-17(11-18)20-15(6)22;;;/h12-13,16H,7-11H2,1-6H3,(H,19,21)(H,20,22);2*1H3;/q3*-1;+3. The van der Waals surface area contributed by atoms with Gasteiger partial charge in [-0.2, -0.15) is 6.42 Å². The maximum atomic E-state index is 11.5. The summed E-state index contributed by atoms with van der Waals surface area (Å²) in [6, 6.07) is 1.20. The second kappa shape index (κ2) is 12.9. The van der Waals surface area contributed by atoms with Crippen molar-refractivity contribution in [3.05, 3.63) is 20.9 Å². The first-order valence-electron chi connectivity index (χ1n) is 8.64. The normalized spacial score (nSPS) is 25.3. The molecule has 5 heteroatoms. The molecule has 2 amide bonds. The zero-order chi connectivity index (χ0) is 16.9. The minimum atomic E-state index is -0.0133. The Morgan fingerprint density at radius 3 is 1.92 bits per heavy atom. The van der Waals surface area contributed by atoms with Crippen LogP contribution in [-0.4, -0.2) is 17.9 Å². The van der Waals surface area contributed by atoms with Crippen molar-refractivity contribution in [1.29, 1.82) is 0 Å². The molecule has 0 aromatic rings. The molecule has 0 aromatic heterocycles. The van der Waals surface area contributed by atoms with Crippen molar-refractivity contribution in [3.63, 3.8) is 0 Å². The van der Waals surface area contributed by atoms with Gasteiger partial charge in [0.2, 0.25) is 5.91 Å². The van der Waals surface area contributed by atoms with Gasteiger partial charge in [-0.25, -0.2) is 6.04 Å². The van der Waals surface area contributed by atoms with Gasteiger partial charge in [-0.05, 0) is 23.7 Å². The number of carbonyl (C=O) groups excluding carboxylic acids is 2. The van der Waals surface area contributed by atoms with Gasteiger partial charge in [0.15, 0.2) is 5.91 Å². The molecule has 1 saturated carbocycles. The number of amides is 2. The summed E-state index contributed by atoms with van der Waals surface area (Å²) in [4.78, 5) is 23.0. The van der Waals surface area contributed by atoms with E-state index in [1.807, 2.05) is 0 Å².